The van der Waals surface area contributed by atoms with Crippen LogP contribution in [0.1, 0.15) is 48.0 Å². The Morgan fingerprint density at radius 1 is 1.31 bits per heavy atom. The van der Waals surface area contributed by atoms with Crippen LogP contribution in [-0.4, -0.2) is 5.78 Å². The summed E-state index contributed by atoms with van der Waals surface area (Å²) in [5.41, 5.74) is 4.40. The summed E-state index contributed by atoms with van der Waals surface area (Å²) in [6.45, 7) is 12.4. The van der Waals surface area contributed by atoms with Crippen molar-refractivity contribution in [2.75, 3.05) is 0 Å². The van der Waals surface area contributed by atoms with Gasteiger partial charge in [-0.05, 0) is 51.2 Å². The molecule has 0 bridgehead atoms. The molecular formula is C15H22O. The SMILES string of the molecule is CC(C)=CC(=O)C1=C(C)C(C)=CCC1(C)C. The first kappa shape index (κ1) is 13.0. The maximum Gasteiger partial charge on any atom is 0.182 e. The van der Waals surface area contributed by atoms with Crippen molar-refractivity contribution in [3.8, 4) is 0 Å². The van der Waals surface area contributed by atoms with Crippen LogP contribution in [0.25, 0.3) is 0 Å². The largest absolute Gasteiger partial charge is 0.290 e. The zero-order valence-electron chi connectivity index (χ0n) is 11.3. The molecule has 0 amide bonds. The van der Waals surface area contributed by atoms with E-state index in [4.69, 9.17) is 0 Å². The Morgan fingerprint density at radius 3 is 2.38 bits per heavy atom. The molecule has 0 saturated heterocycles. The lowest BCUT2D eigenvalue weighted by molar-refractivity contribution is -0.112. The Morgan fingerprint density at radius 2 is 1.88 bits per heavy atom. The topological polar surface area (TPSA) is 17.1 Å². The maximum absolute atomic E-state index is 12.2. The molecule has 0 fully saturated rings. The van der Waals surface area contributed by atoms with E-state index in [1.165, 1.54) is 5.57 Å². The molecule has 0 unspecified atom stereocenters. The second-order valence-corrected chi connectivity index (χ2v) is 5.56. The summed E-state index contributed by atoms with van der Waals surface area (Å²) in [5, 5.41) is 0. The van der Waals surface area contributed by atoms with E-state index in [9.17, 15) is 4.79 Å². The molecule has 1 nitrogen and oxygen atoms in total. The second kappa shape index (κ2) is 4.40. The molecule has 0 heterocycles. The van der Waals surface area contributed by atoms with E-state index in [1.54, 1.807) is 6.08 Å². The summed E-state index contributed by atoms with van der Waals surface area (Å²) in [4.78, 5) is 12.2. The fourth-order valence-corrected chi connectivity index (χ4v) is 2.22. The molecule has 1 aliphatic carbocycles. The summed E-state index contributed by atoms with van der Waals surface area (Å²) < 4.78 is 0. The van der Waals surface area contributed by atoms with E-state index in [-0.39, 0.29) is 11.2 Å². The minimum absolute atomic E-state index is 0.0351. The highest BCUT2D eigenvalue weighted by molar-refractivity contribution is 6.06. The molecule has 88 valence electrons. The lowest BCUT2D eigenvalue weighted by Crippen LogP contribution is -2.24. The Balaban J connectivity index is 3.25. The molecular weight excluding hydrogens is 196 g/mol. The lowest BCUT2D eigenvalue weighted by atomic mass is 9.72. The van der Waals surface area contributed by atoms with Crippen molar-refractivity contribution in [3.63, 3.8) is 0 Å². The third-order valence-electron chi connectivity index (χ3n) is 3.23. The zero-order valence-corrected chi connectivity index (χ0v) is 11.3. The fraction of sp³-hybridized carbons (Fsp3) is 0.533. The Hall–Kier alpha value is -1.11. The molecule has 0 aromatic rings. The number of allylic oxidation sites excluding steroid dienone is 6. The van der Waals surface area contributed by atoms with E-state index in [0.717, 1.165) is 23.1 Å². The third-order valence-corrected chi connectivity index (χ3v) is 3.23. The molecule has 0 atom stereocenters. The van der Waals surface area contributed by atoms with Crippen LogP contribution in [0.15, 0.2) is 34.4 Å². The van der Waals surface area contributed by atoms with Crippen molar-refractivity contribution < 1.29 is 4.79 Å². The van der Waals surface area contributed by atoms with Crippen molar-refractivity contribution >= 4 is 5.78 Å². The van der Waals surface area contributed by atoms with Gasteiger partial charge in [-0.15, -0.1) is 0 Å². The summed E-state index contributed by atoms with van der Waals surface area (Å²) in [5.74, 6) is 0.176. The van der Waals surface area contributed by atoms with Crippen LogP contribution in [0.5, 0.6) is 0 Å². The number of carbonyl (C=O) groups excluding carboxylic acids is 1. The summed E-state index contributed by atoms with van der Waals surface area (Å²) in [6.07, 6.45) is 4.93. The van der Waals surface area contributed by atoms with Gasteiger partial charge in [-0.3, -0.25) is 4.79 Å². The number of hydrogen-bond acceptors (Lipinski definition) is 1. The number of rotatable bonds is 2. The van der Waals surface area contributed by atoms with E-state index in [0.29, 0.717) is 0 Å². The van der Waals surface area contributed by atoms with Gasteiger partial charge < -0.3 is 0 Å². The van der Waals surface area contributed by atoms with Gasteiger partial charge in [0.05, 0.1) is 0 Å². The molecule has 0 aliphatic heterocycles. The van der Waals surface area contributed by atoms with E-state index >= 15 is 0 Å². The first-order chi connectivity index (χ1) is 7.25. The first-order valence-electron chi connectivity index (χ1n) is 5.83. The van der Waals surface area contributed by atoms with Gasteiger partial charge in [0.25, 0.3) is 0 Å². The highest BCUT2D eigenvalue weighted by atomic mass is 16.1. The summed E-state index contributed by atoms with van der Waals surface area (Å²) >= 11 is 0. The molecule has 0 aromatic heterocycles. The van der Waals surface area contributed by atoms with E-state index in [1.807, 2.05) is 13.8 Å². The van der Waals surface area contributed by atoms with Gasteiger partial charge in [0.15, 0.2) is 5.78 Å². The molecule has 0 spiro atoms. The molecule has 0 N–H and O–H groups in total. The van der Waals surface area contributed by atoms with Crippen LogP contribution in [0, 0.1) is 5.41 Å². The summed E-state index contributed by atoms with van der Waals surface area (Å²) in [7, 11) is 0. The zero-order chi connectivity index (χ0) is 12.5. The fourth-order valence-electron chi connectivity index (χ4n) is 2.22. The predicted molar refractivity (Wildman–Crippen MR) is 69.3 cm³/mol. The van der Waals surface area contributed by atoms with Gasteiger partial charge in [0.1, 0.15) is 0 Å². The smallest absolute Gasteiger partial charge is 0.182 e. The van der Waals surface area contributed by atoms with Crippen LogP contribution in [0.3, 0.4) is 0 Å². The van der Waals surface area contributed by atoms with Crippen LogP contribution in [-0.2, 0) is 4.79 Å². The van der Waals surface area contributed by atoms with E-state index in [2.05, 4.69) is 33.8 Å². The highest BCUT2D eigenvalue weighted by Crippen LogP contribution is 2.40. The quantitative estimate of drug-likeness (QED) is 0.634. The monoisotopic (exact) mass is 218 g/mol. The average molecular weight is 218 g/mol. The molecule has 1 aliphatic rings. The van der Waals surface area contributed by atoms with Gasteiger partial charge in [0, 0.05) is 5.57 Å². The molecule has 0 aromatic carbocycles. The summed E-state index contributed by atoms with van der Waals surface area (Å²) in [6, 6.07) is 0. The van der Waals surface area contributed by atoms with Crippen molar-refractivity contribution in [3.05, 3.63) is 34.4 Å². The van der Waals surface area contributed by atoms with Crippen molar-refractivity contribution in [2.24, 2.45) is 5.41 Å². The Kier molecular flexibility index (Phi) is 3.57. The van der Waals surface area contributed by atoms with Gasteiger partial charge in [-0.25, -0.2) is 0 Å². The van der Waals surface area contributed by atoms with E-state index < -0.39 is 0 Å². The van der Waals surface area contributed by atoms with Crippen LogP contribution >= 0.6 is 0 Å². The number of carbonyl (C=O) groups is 1. The van der Waals surface area contributed by atoms with Crippen molar-refractivity contribution in [1.82, 2.24) is 0 Å². The minimum Gasteiger partial charge on any atom is -0.290 e. The van der Waals surface area contributed by atoms with Crippen LogP contribution < -0.4 is 0 Å². The van der Waals surface area contributed by atoms with Gasteiger partial charge in [-0.2, -0.15) is 0 Å². The molecule has 1 rings (SSSR count). The van der Waals surface area contributed by atoms with Crippen molar-refractivity contribution in [2.45, 2.75) is 48.0 Å². The Bertz CT molecular complexity index is 399. The van der Waals surface area contributed by atoms with Crippen molar-refractivity contribution in [1.29, 1.82) is 0 Å². The maximum atomic E-state index is 12.2. The third kappa shape index (κ3) is 2.52. The van der Waals surface area contributed by atoms with Crippen LogP contribution in [0.4, 0.5) is 0 Å². The molecule has 0 radical (unpaired) electrons. The lowest BCUT2D eigenvalue weighted by Gasteiger charge is -2.31. The number of hydrogen-bond donors (Lipinski definition) is 0. The van der Waals surface area contributed by atoms with Crippen LogP contribution in [0.2, 0.25) is 0 Å². The second-order valence-electron chi connectivity index (χ2n) is 5.56. The molecule has 16 heavy (non-hydrogen) atoms. The molecule has 1 heteroatoms. The number of ketones is 1. The highest BCUT2D eigenvalue weighted by Gasteiger charge is 2.31. The average Bonchev–Trinajstić information content (AvgIpc) is 2.10. The predicted octanol–water partition coefficient (Wildman–Crippen LogP) is 4.21. The first-order valence-corrected chi connectivity index (χ1v) is 5.83. The molecule has 0 saturated carbocycles. The minimum atomic E-state index is -0.0351. The van der Waals surface area contributed by atoms with Gasteiger partial charge >= 0.3 is 0 Å². The Labute approximate surface area is 98.9 Å². The van der Waals surface area contributed by atoms with Gasteiger partial charge in [-0.1, -0.05) is 31.1 Å². The van der Waals surface area contributed by atoms with Gasteiger partial charge in [0.2, 0.25) is 0 Å². The standard InChI is InChI=1S/C15H22O/c1-10(2)9-13(16)14-12(4)11(3)7-8-15(14,5)6/h7,9H,8H2,1-6H3. The normalized spacial score (nSPS) is 19.2.